The molecule has 2 unspecified atom stereocenters. The molecule has 0 bridgehead atoms. The second-order valence-corrected chi connectivity index (χ2v) is 8.43. The largest absolute Gasteiger partial charge is 0.550 e. The van der Waals surface area contributed by atoms with Crippen LogP contribution in [0, 0.1) is 11.8 Å². The summed E-state index contributed by atoms with van der Waals surface area (Å²) >= 11 is 0. The predicted octanol–water partition coefficient (Wildman–Crippen LogP) is 2.55. The predicted molar refractivity (Wildman–Crippen MR) is 130 cm³/mol. The molecule has 196 valence electrons. The molecule has 2 N–H and O–H groups in total. The van der Waals surface area contributed by atoms with Crippen LogP contribution in [0.4, 0.5) is 0 Å². The van der Waals surface area contributed by atoms with Gasteiger partial charge in [0.15, 0.2) is 0 Å². The molecule has 2 atom stereocenters. The van der Waals surface area contributed by atoms with Gasteiger partial charge in [-0.2, -0.15) is 0 Å². The highest BCUT2D eigenvalue weighted by atomic mass is 16.4. The number of carboxylic acids is 2. The molecule has 0 amide bonds. The molecule has 2 rings (SSSR count). The molecule has 0 aliphatic heterocycles. The van der Waals surface area contributed by atoms with E-state index in [9.17, 15) is 0 Å². The molecule has 2 heterocycles. The highest BCUT2D eigenvalue weighted by Gasteiger charge is 2.10. The molecule has 8 heteroatoms. The molecule has 2 aromatic heterocycles. The number of unbranched alkanes of at least 4 members (excludes halogenated alkanes) is 2. The van der Waals surface area contributed by atoms with Crippen molar-refractivity contribution in [2.24, 2.45) is 11.8 Å². The molecule has 0 saturated heterocycles. The third-order valence-corrected chi connectivity index (χ3v) is 5.23. The lowest BCUT2D eigenvalue weighted by atomic mass is 9.99. The van der Waals surface area contributed by atoms with Gasteiger partial charge >= 0.3 is 0 Å². The monoisotopic (exact) mass is 480 g/mol. The summed E-state index contributed by atoms with van der Waals surface area (Å²) in [6.07, 6.45) is 22.9. The molecular formula is C26H48N4O4. The molecule has 34 heavy (non-hydrogen) atoms. The number of carboxylic acid groups (broad SMARTS) is 2. The Morgan fingerprint density at radius 3 is 1.26 bits per heavy atom. The Labute approximate surface area is 206 Å². The lowest BCUT2D eigenvalue weighted by molar-refractivity contribution is -0.702. The number of nitrogens with one attached hydrogen (secondary N) is 2. The summed E-state index contributed by atoms with van der Waals surface area (Å²) in [4.78, 5) is 23.9. The molecular weight excluding hydrogens is 432 g/mol. The Kier molecular flexibility index (Phi) is 23.2. The number of aromatic nitrogens is 4. The number of hydrogen-bond acceptors (Lipinski definition) is 4. The minimum atomic E-state index is -1.08. The minimum absolute atomic E-state index is 0.848. The number of hydrogen-bond donors (Lipinski definition) is 2. The smallest absolute Gasteiger partial charge is 0.241 e. The fourth-order valence-electron chi connectivity index (χ4n) is 3.30. The number of carbonyl (C=O) groups excluding carboxylic acids is 2. The Morgan fingerprint density at radius 2 is 1.06 bits per heavy atom. The number of nitrogens with zero attached hydrogens (tertiary/aromatic N) is 2. The summed E-state index contributed by atoms with van der Waals surface area (Å²) in [6, 6.07) is 0. The van der Waals surface area contributed by atoms with Crippen LogP contribution in [0.2, 0.25) is 0 Å². The van der Waals surface area contributed by atoms with Crippen LogP contribution in [0.3, 0.4) is 0 Å². The van der Waals surface area contributed by atoms with Gasteiger partial charge in [0.2, 0.25) is 12.7 Å². The van der Waals surface area contributed by atoms with Crippen molar-refractivity contribution in [2.75, 3.05) is 0 Å². The van der Waals surface area contributed by atoms with E-state index < -0.39 is 11.9 Å². The van der Waals surface area contributed by atoms with E-state index in [1.54, 1.807) is 0 Å². The fourth-order valence-corrected chi connectivity index (χ4v) is 3.30. The van der Waals surface area contributed by atoms with Gasteiger partial charge in [0, 0.05) is 11.9 Å². The van der Waals surface area contributed by atoms with E-state index in [0.29, 0.717) is 0 Å². The average molecular weight is 481 g/mol. The van der Waals surface area contributed by atoms with E-state index in [0.717, 1.165) is 25.7 Å². The van der Waals surface area contributed by atoms with E-state index in [1.807, 2.05) is 25.0 Å². The maximum atomic E-state index is 8.89. The summed E-state index contributed by atoms with van der Waals surface area (Å²) < 4.78 is 4.48. The summed E-state index contributed by atoms with van der Waals surface area (Å²) in [6.45, 7) is 13.4. The fraction of sp³-hybridized carbons (Fsp3) is 0.692. The van der Waals surface area contributed by atoms with E-state index in [-0.39, 0.29) is 0 Å². The molecule has 0 fully saturated rings. The third-order valence-electron chi connectivity index (χ3n) is 5.23. The highest BCUT2D eigenvalue weighted by molar-refractivity contribution is 5.60. The van der Waals surface area contributed by atoms with Crippen LogP contribution < -0.4 is 19.3 Å². The van der Waals surface area contributed by atoms with Gasteiger partial charge in [-0.1, -0.05) is 53.4 Å². The summed E-state index contributed by atoms with van der Waals surface area (Å²) in [5.41, 5.74) is 0. The first kappa shape index (κ1) is 33.5. The average Bonchev–Trinajstić information content (AvgIpc) is 3.48. The lowest BCUT2D eigenvalue weighted by Crippen LogP contribution is -2.34. The van der Waals surface area contributed by atoms with Gasteiger partial charge in [-0.3, -0.25) is 9.97 Å². The zero-order valence-corrected chi connectivity index (χ0v) is 22.2. The van der Waals surface area contributed by atoms with Crippen molar-refractivity contribution >= 4 is 11.9 Å². The van der Waals surface area contributed by atoms with E-state index in [1.165, 1.54) is 64.5 Å². The topological polar surface area (TPSA) is 120 Å². The van der Waals surface area contributed by atoms with Gasteiger partial charge in [0.25, 0.3) is 0 Å². The van der Waals surface area contributed by atoms with Crippen molar-refractivity contribution in [1.29, 1.82) is 0 Å². The molecule has 2 aromatic rings. The van der Waals surface area contributed by atoms with Crippen molar-refractivity contribution in [3.8, 4) is 0 Å². The number of aliphatic carboxylic acids is 2. The number of H-pyrrole nitrogens is 2. The maximum absolute atomic E-state index is 8.89. The third kappa shape index (κ3) is 24.0. The van der Waals surface area contributed by atoms with Gasteiger partial charge in [0.05, 0.1) is 13.1 Å². The summed E-state index contributed by atoms with van der Waals surface area (Å²) in [5.74, 6) is -0.471. The first-order chi connectivity index (χ1) is 16.2. The normalized spacial score (nSPS) is 11.5. The van der Waals surface area contributed by atoms with Crippen molar-refractivity contribution < 1.29 is 28.9 Å². The molecule has 0 saturated carbocycles. The van der Waals surface area contributed by atoms with Crippen LogP contribution in [0.25, 0.3) is 0 Å². The Bertz CT molecular complexity index is 619. The SMILES string of the molecule is CC(=O)[O-].CC(=O)[O-].CCCCC(CC)C[n+]1cc[nH]c1.CCCCC(CC)C[n+]1cc[nH]c1. The molecule has 0 spiro atoms. The second-order valence-electron chi connectivity index (χ2n) is 8.43. The first-order valence-electron chi connectivity index (χ1n) is 12.6. The van der Waals surface area contributed by atoms with E-state index in [2.05, 4.69) is 59.2 Å². The van der Waals surface area contributed by atoms with Gasteiger partial charge in [-0.25, -0.2) is 9.13 Å². The van der Waals surface area contributed by atoms with Crippen molar-refractivity contribution in [2.45, 2.75) is 106 Å². The molecule has 0 aliphatic carbocycles. The summed E-state index contributed by atoms with van der Waals surface area (Å²) in [7, 11) is 0. The molecule has 8 nitrogen and oxygen atoms in total. The molecule has 0 aromatic carbocycles. The Hall–Kier alpha value is -2.64. The van der Waals surface area contributed by atoms with Gasteiger partial charge < -0.3 is 19.8 Å². The first-order valence-corrected chi connectivity index (χ1v) is 12.6. The van der Waals surface area contributed by atoms with Crippen LogP contribution in [0.5, 0.6) is 0 Å². The van der Waals surface area contributed by atoms with Gasteiger partial charge in [-0.05, 0) is 51.4 Å². The van der Waals surface area contributed by atoms with Crippen LogP contribution in [-0.4, -0.2) is 21.9 Å². The summed E-state index contributed by atoms with van der Waals surface area (Å²) in [5, 5.41) is 17.8. The van der Waals surface area contributed by atoms with Crippen LogP contribution in [0.1, 0.15) is 92.9 Å². The van der Waals surface area contributed by atoms with E-state index in [4.69, 9.17) is 19.8 Å². The molecule has 0 radical (unpaired) electrons. The zero-order valence-electron chi connectivity index (χ0n) is 22.2. The minimum Gasteiger partial charge on any atom is -0.550 e. The zero-order chi connectivity index (χ0) is 26.2. The lowest BCUT2D eigenvalue weighted by Gasteiger charge is -2.11. The van der Waals surface area contributed by atoms with E-state index >= 15 is 0 Å². The number of imidazole rings is 2. The van der Waals surface area contributed by atoms with Crippen molar-refractivity contribution in [3.63, 3.8) is 0 Å². The quantitative estimate of drug-likeness (QED) is 0.454. The van der Waals surface area contributed by atoms with Crippen molar-refractivity contribution in [3.05, 3.63) is 37.4 Å². The number of carbonyl (C=O) groups is 2. The van der Waals surface area contributed by atoms with Gasteiger partial charge in [0.1, 0.15) is 24.8 Å². The second kappa shape index (κ2) is 23.5. The van der Waals surface area contributed by atoms with Crippen molar-refractivity contribution in [1.82, 2.24) is 9.97 Å². The highest BCUT2D eigenvalue weighted by Crippen LogP contribution is 2.12. The van der Waals surface area contributed by atoms with Crippen LogP contribution in [-0.2, 0) is 22.7 Å². The Balaban J connectivity index is 0. The maximum Gasteiger partial charge on any atom is 0.241 e. The molecule has 0 aliphatic rings. The van der Waals surface area contributed by atoms with Crippen LogP contribution >= 0.6 is 0 Å². The standard InChI is InChI=1S/2C11H20N2.2C2H4O2/c2*1-3-5-6-11(4-2)9-13-8-7-12-10-13;2*1-2(3)4/h2*7-8,10-11H,3-6,9H2,1-2H3;2*1H3,(H,3,4). The van der Waals surface area contributed by atoms with Crippen LogP contribution in [0.15, 0.2) is 37.4 Å². The number of aromatic amines is 2. The Morgan fingerprint density at radius 1 is 0.735 bits per heavy atom. The number of rotatable bonds is 12. The van der Waals surface area contributed by atoms with Gasteiger partial charge in [-0.15, -0.1) is 0 Å².